The molecular formula is C15H17N3O3. The SMILES string of the molecule is CC(C)n1ccc(C(=O)N[C@H](C(=O)O)c2ccccc2)n1. The normalized spacial score (nSPS) is 12.1. The molecule has 0 aliphatic heterocycles. The van der Waals surface area contributed by atoms with Crippen molar-refractivity contribution in [2.24, 2.45) is 0 Å². The molecule has 2 N–H and O–H groups in total. The number of amides is 1. The Labute approximate surface area is 122 Å². The van der Waals surface area contributed by atoms with E-state index in [4.69, 9.17) is 0 Å². The van der Waals surface area contributed by atoms with Crippen molar-refractivity contribution in [1.29, 1.82) is 0 Å². The number of carbonyl (C=O) groups excluding carboxylic acids is 1. The molecule has 1 atom stereocenters. The second-order valence-corrected chi connectivity index (χ2v) is 4.93. The van der Waals surface area contributed by atoms with Gasteiger partial charge in [-0.05, 0) is 25.5 Å². The summed E-state index contributed by atoms with van der Waals surface area (Å²) in [4.78, 5) is 23.5. The van der Waals surface area contributed by atoms with Gasteiger partial charge >= 0.3 is 5.97 Å². The van der Waals surface area contributed by atoms with Crippen molar-refractivity contribution in [2.75, 3.05) is 0 Å². The van der Waals surface area contributed by atoms with Crippen molar-refractivity contribution in [3.63, 3.8) is 0 Å². The minimum atomic E-state index is -1.11. The van der Waals surface area contributed by atoms with Crippen molar-refractivity contribution in [1.82, 2.24) is 15.1 Å². The van der Waals surface area contributed by atoms with Crippen LogP contribution in [0, 0.1) is 0 Å². The smallest absolute Gasteiger partial charge is 0.330 e. The molecule has 6 nitrogen and oxygen atoms in total. The van der Waals surface area contributed by atoms with Gasteiger partial charge in [0.2, 0.25) is 0 Å². The summed E-state index contributed by atoms with van der Waals surface area (Å²) in [5, 5.41) is 15.9. The molecule has 2 rings (SSSR count). The second-order valence-electron chi connectivity index (χ2n) is 4.93. The molecule has 0 saturated heterocycles. The highest BCUT2D eigenvalue weighted by atomic mass is 16.4. The predicted molar refractivity (Wildman–Crippen MR) is 76.9 cm³/mol. The first-order valence-electron chi connectivity index (χ1n) is 6.63. The average molecular weight is 287 g/mol. The van der Waals surface area contributed by atoms with Crippen LogP contribution in [0.2, 0.25) is 0 Å². The Hall–Kier alpha value is -2.63. The molecule has 1 aromatic heterocycles. The number of carboxylic acid groups (broad SMARTS) is 1. The molecular weight excluding hydrogens is 270 g/mol. The number of benzene rings is 1. The van der Waals surface area contributed by atoms with Crippen molar-refractivity contribution in [3.05, 3.63) is 53.9 Å². The van der Waals surface area contributed by atoms with Crippen LogP contribution in [0.25, 0.3) is 0 Å². The van der Waals surface area contributed by atoms with Gasteiger partial charge in [0.25, 0.3) is 5.91 Å². The Morgan fingerprint density at radius 3 is 2.38 bits per heavy atom. The van der Waals surface area contributed by atoms with Crippen LogP contribution >= 0.6 is 0 Å². The third-order valence-electron chi connectivity index (χ3n) is 3.03. The predicted octanol–water partition coefficient (Wildman–Crippen LogP) is 2.02. The second kappa shape index (κ2) is 6.21. The number of aromatic nitrogens is 2. The zero-order chi connectivity index (χ0) is 15.4. The van der Waals surface area contributed by atoms with Crippen LogP contribution in [-0.2, 0) is 4.79 Å². The highest BCUT2D eigenvalue weighted by molar-refractivity contribution is 5.95. The maximum atomic E-state index is 12.1. The Bertz CT molecular complexity index is 635. The first-order chi connectivity index (χ1) is 9.99. The van der Waals surface area contributed by atoms with Crippen LogP contribution in [0.3, 0.4) is 0 Å². The molecule has 0 spiro atoms. The van der Waals surface area contributed by atoms with E-state index in [9.17, 15) is 14.7 Å². The van der Waals surface area contributed by atoms with Gasteiger partial charge in [-0.1, -0.05) is 30.3 Å². The zero-order valence-electron chi connectivity index (χ0n) is 11.9. The van der Waals surface area contributed by atoms with E-state index in [2.05, 4.69) is 10.4 Å². The highest BCUT2D eigenvalue weighted by Gasteiger charge is 2.23. The summed E-state index contributed by atoms with van der Waals surface area (Å²) in [7, 11) is 0. The molecule has 6 heteroatoms. The number of aliphatic carboxylic acids is 1. The summed E-state index contributed by atoms with van der Waals surface area (Å²) in [6, 6.07) is 9.17. The third kappa shape index (κ3) is 3.47. The molecule has 1 amide bonds. The number of hydrogen-bond donors (Lipinski definition) is 2. The summed E-state index contributed by atoms with van der Waals surface area (Å²) in [6.45, 7) is 3.89. The molecule has 1 aromatic carbocycles. The monoisotopic (exact) mass is 287 g/mol. The number of carbonyl (C=O) groups is 2. The van der Waals surface area contributed by atoms with Crippen molar-refractivity contribution >= 4 is 11.9 Å². The molecule has 0 fully saturated rings. The van der Waals surface area contributed by atoms with Gasteiger partial charge in [-0.15, -0.1) is 0 Å². The Balaban J connectivity index is 2.17. The van der Waals surface area contributed by atoms with E-state index in [0.29, 0.717) is 5.56 Å². The van der Waals surface area contributed by atoms with E-state index in [1.54, 1.807) is 47.3 Å². The van der Waals surface area contributed by atoms with Crippen LogP contribution in [0.1, 0.15) is 42.0 Å². The molecule has 1 heterocycles. The first-order valence-corrected chi connectivity index (χ1v) is 6.63. The Morgan fingerprint density at radius 1 is 1.19 bits per heavy atom. The topological polar surface area (TPSA) is 84.2 Å². The van der Waals surface area contributed by atoms with Gasteiger partial charge < -0.3 is 10.4 Å². The molecule has 0 bridgehead atoms. The van der Waals surface area contributed by atoms with Crippen LogP contribution in [0.4, 0.5) is 0 Å². The van der Waals surface area contributed by atoms with E-state index < -0.39 is 17.9 Å². The molecule has 0 aliphatic carbocycles. The van der Waals surface area contributed by atoms with Crippen molar-refractivity contribution in [3.8, 4) is 0 Å². The van der Waals surface area contributed by atoms with Crippen LogP contribution < -0.4 is 5.32 Å². The maximum Gasteiger partial charge on any atom is 0.330 e. The summed E-state index contributed by atoms with van der Waals surface area (Å²) >= 11 is 0. The quantitative estimate of drug-likeness (QED) is 0.881. The van der Waals surface area contributed by atoms with Crippen LogP contribution in [0.5, 0.6) is 0 Å². The molecule has 0 aliphatic rings. The van der Waals surface area contributed by atoms with E-state index in [-0.39, 0.29) is 11.7 Å². The molecule has 21 heavy (non-hydrogen) atoms. The molecule has 110 valence electrons. The summed E-state index contributed by atoms with van der Waals surface area (Å²) in [5.74, 6) is -1.62. The van der Waals surface area contributed by atoms with Crippen molar-refractivity contribution < 1.29 is 14.7 Å². The summed E-state index contributed by atoms with van der Waals surface area (Å²) in [5.41, 5.74) is 0.715. The van der Waals surface area contributed by atoms with Crippen LogP contribution in [0.15, 0.2) is 42.6 Å². The largest absolute Gasteiger partial charge is 0.479 e. The maximum absolute atomic E-state index is 12.1. The average Bonchev–Trinajstić information content (AvgIpc) is 2.95. The van der Waals surface area contributed by atoms with Crippen LogP contribution in [-0.4, -0.2) is 26.8 Å². The zero-order valence-corrected chi connectivity index (χ0v) is 11.9. The van der Waals surface area contributed by atoms with Gasteiger partial charge in [-0.25, -0.2) is 4.79 Å². The number of hydrogen-bond acceptors (Lipinski definition) is 3. The lowest BCUT2D eigenvalue weighted by atomic mass is 10.1. The van der Waals surface area contributed by atoms with Crippen molar-refractivity contribution in [2.45, 2.75) is 25.9 Å². The summed E-state index contributed by atoms with van der Waals surface area (Å²) < 4.78 is 1.65. The fourth-order valence-corrected chi connectivity index (χ4v) is 1.88. The van der Waals surface area contributed by atoms with Gasteiger partial charge in [-0.3, -0.25) is 9.48 Å². The summed E-state index contributed by atoms with van der Waals surface area (Å²) in [6.07, 6.45) is 1.69. The minimum absolute atomic E-state index is 0.135. The lowest BCUT2D eigenvalue weighted by Crippen LogP contribution is -2.34. The Morgan fingerprint density at radius 2 is 1.86 bits per heavy atom. The van der Waals surface area contributed by atoms with E-state index in [1.165, 1.54) is 0 Å². The number of nitrogens with one attached hydrogen (secondary N) is 1. The van der Waals surface area contributed by atoms with E-state index >= 15 is 0 Å². The minimum Gasteiger partial charge on any atom is -0.479 e. The molecule has 0 saturated carbocycles. The van der Waals surface area contributed by atoms with Gasteiger partial charge in [0.1, 0.15) is 5.69 Å². The fraction of sp³-hybridized carbons (Fsp3) is 0.267. The number of nitrogens with zero attached hydrogens (tertiary/aromatic N) is 2. The first kappa shape index (κ1) is 14.8. The number of rotatable bonds is 5. The highest BCUT2D eigenvalue weighted by Crippen LogP contribution is 2.14. The van der Waals surface area contributed by atoms with Gasteiger partial charge in [0.05, 0.1) is 0 Å². The fourth-order valence-electron chi connectivity index (χ4n) is 1.88. The van der Waals surface area contributed by atoms with Gasteiger partial charge in [-0.2, -0.15) is 5.10 Å². The van der Waals surface area contributed by atoms with E-state index in [0.717, 1.165) is 0 Å². The molecule has 0 radical (unpaired) electrons. The van der Waals surface area contributed by atoms with Gasteiger partial charge in [0.15, 0.2) is 6.04 Å². The Kier molecular flexibility index (Phi) is 4.37. The molecule has 2 aromatic rings. The third-order valence-corrected chi connectivity index (χ3v) is 3.03. The lowest BCUT2D eigenvalue weighted by molar-refractivity contribution is -0.139. The number of carboxylic acids is 1. The molecule has 0 unspecified atom stereocenters. The lowest BCUT2D eigenvalue weighted by Gasteiger charge is -2.14. The van der Waals surface area contributed by atoms with Gasteiger partial charge in [0, 0.05) is 12.2 Å². The standard InChI is InChI=1S/C15H17N3O3/c1-10(2)18-9-8-12(17-18)14(19)16-13(15(20)21)11-6-4-3-5-7-11/h3-10,13H,1-2H3,(H,16,19)(H,20,21)/t13-/m0/s1. The van der Waals surface area contributed by atoms with E-state index in [1.807, 2.05) is 13.8 Å².